The van der Waals surface area contributed by atoms with Gasteiger partial charge in [-0.05, 0) is 18.2 Å². The molecule has 0 bridgehead atoms. The van der Waals surface area contributed by atoms with Gasteiger partial charge in [0.1, 0.15) is 11.4 Å². The zero-order valence-corrected chi connectivity index (χ0v) is 10.9. The number of carboxylic acids is 1. The van der Waals surface area contributed by atoms with Gasteiger partial charge < -0.3 is 19.0 Å². The van der Waals surface area contributed by atoms with E-state index in [9.17, 15) is 13.6 Å². The number of halogens is 2. The normalized spacial score (nSPS) is 10.9. The molecule has 1 N–H and O–H groups in total. The molecule has 1 aromatic carbocycles. The van der Waals surface area contributed by atoms with Gasteiger partial charge in [0, 0.05) is 12.7 Å². The van der Waals surface area contributed by atoms with Gasteiger partial charge in [-0.3, -0.25) is 0 Å². The van der Waals surface area contributed by atoms with E-state index >= 15 is 0 Å². The van der Waals surface area contributed by atoms with Gasteiger partial charge in [-0.2, -0.15) is 8.78 Å². The first kappa shape index (κ1) is 14.9. The van der Waals surface area contributed by atoms with Crippen LogP contribution in [0.5, 0.6) is 5.75 Å². The average molecular weight is 299 g/mol. The predicted molar refractivity (Wildman–Crippen MR) is 66.2 cm³/mol. The summed E-state index contributed by atoms with van der Waals surface area (Å²) < 4.78 is 38.6. The van der Waals surface area contributed by atoms with Crippen LogP contribution in [0.3, 0.4) is 0 Å². The number of alkyl halides is 2. The number of benzene rings is 1. The van der Waals surface area contributed by atoms with Crippen molar-refractivity contribution >= 4 is 5.97 Å². The lowest BCUT2D eigenvalue weighted by molar-refractivity contribution is -0.0498. The van der Waals surface area contributed by atoms with Crippen LogP contribution in [0.4, 0.5) is 8.78 Å². The lowest BCUT2D eigenvalue weighted by Crippen LogP contribution is -2.01. The first-order chi connectivity index (χ1) is 10.0. The first-order valence-electron chi connectivity index (χ1n) is 5.78. The van der Waals surface area contributed by atoms with Crippen molar-refractivity contribution < 1.29 is 32.6 Å². The highest BCUT2D eigenvalue weighted by molar-refractivity contribution is 5.86. The zero-order valence-electron chi connectivity index (χ0n) is 10.9. The summed E-state index contributed by atoms with van der Waals surface area (Å²) in [5.74, 6) is -1.74. The summed E-state index contributed by atoms with van der Waals surface area (Å²) in [5, 5.41) is 9.01. The minimum absolute atomic E-state index is 0.0147. The van der Waals surface area contributed by atoms with Crippen molar-refractivity contribution in [2.45, 2.75) is 13.2 Å². The number of aromatic nitrogens is 1. The first-order valence-corrected chi connectivity index (χ1v) is 5.78. The van der Waals surface area contributed by atoms with Crippen LogP contribution in [0.1, 0.15) is 16.2 Å². The van der Waals surface area contributed by atoms with Crippen LogP contribution in [0.2, 0.25) is 0 Å². The van der Waals surface area contributed by atoms with E-state index < -0.39 is 12.6 Å². The van der Waals surface area contributed by atoms with Crippen molar-refractivity contribution in [1.29, 1.82) is 0 Å². The SMILES string of the molecule is COCc1nc(-c2cccc(OC(F)F)c2)oc1C(=O)O. The maximum Gasteiger partial charge on any atom is 0.387 e. The Balaban J connectivity index is 2.37. The molecular weight excluding hydrogens is 288 g/mol. The molecule has 6 nitrogen and oxygen atoms in total. The molecule has 21 heavy (non-hydrogen) atoms. The Hall–Kier alpha value is -2.48. The smallest absolute Gasteiger partial charge is 0.387 e. The monoisotopic (exact) mass is 299 g/mol. The minimum atomic E-state index is -2.96. The van der Waals surface area contributed by atoms with Gasteiger partial charge in [0.2, 0.25) is 11.7 Å². The number of hydrogen-bond acceptors (Lipinski definition) is 5. The Kier molecular flexibility index (Phi) is 4.49. The van der Waals surface area contributed by atoms with Crippen molar-refractivity contribution in [3.8, 4) is 17.2 Å². The third kappa shape index (κ3) is 3.54. The van der Waals surface area contributed by atoms with E-state index in [4.69, 9.17) is 14.3 Å². The Morgan fingerprint density at radius 2 is 2.24 bits per heavy atom. The van der Waals surface area contributed by atoms with Gasteiger partial charge >= 0.3 is 12.6 Å². The molecule has 0 unspecified atom stereocenters. The average Bonchev–Trinajstić information content (AvgIpc) is 2.83. The van der Waals surface area contributed by atoms with E-state index in [1.807, 2.05) is 0 Å². The quantitative estimate of drug-likeness (QED) is 0.883. The number of ether oxygens (including phenoxy) is 2. The van der Waals surface area contributed by atoms with Gasteiger partial charge in [-0.15, -0.1) is 0 Å². The molecule has 0 amide bonds. The second-order valence-corrected chi connectivity index (χ2v) is 3.94. The lowest BCUT2D eigenvalue weighted by atomic mass is 10.2. The second kappa shape index (κ2) is 6.31. The molecule has 0 fully saturated rings. The molecule has 0 saturated carbocycles. The third-order valence-electron chi connectivity index (χ3n) is 2.48. The van der Waals surface area contributed by atoms with Gasteiger partial charge in [0.25, 0.3) is 0 Å². The zero-order chi connectivity index (χ0) is 15.4. The van der Waals surface area contributed by atoms with Crippen LogP contribution in [0, 0.1) is 0 Å². The number of carbonyl (C=O) groups is 1. The molecule has 0 aliphatic rings. The summed E-state index contributed by atoms with van der Waals surface area (Å²) in [6.45, 7) is -3.00. The standard InChI is InChI=1S/C13H11F2NO5/c1-19-6-9-10(12(17)18)21-11(16-9)7-3-2-4-8(5-7)20-13(14)15/h2-5,13H,6H2,1H3,(H,17,18). The molecule has 0 aliphatic carbocycles. The van der Waals surface area contributed by atoms with Crippen LogP contribution in [0.25, 0.3) is 11.5 Å². The van der Waals surface area contributed by atoms with Gasteiger partial charge in [-0.1, -0.05) is 6.07 Å². The fourth-order valence-corrected chi connectivity index (χ4v) is 1.68. The van der Waals surface area contributed by atoms with Gasteiger partial charge in [-0.25, -0.2) is 9.78 Å². The number of rotatable bonds is 6. The summed E-state index contributed by atoms with van der Waals surface area (Å²) in [5.41, 5.74) is 0.429. The summed E-state index contributed by atoms with van der Waals surface area (Å²) in [6.07, 6.45) is 0. The number of aromatic carboxylic acids is 1. The van der Waals surface area contributed by atoms with Crippen LogP contribution in [0.15, 0.2) is 28.7 Å². The van der Waals surface area contributed by atoms with Gasteiger partial charge in [0.05, 0.1) is 6.61 Å². The number of hydrogen-bond donors (Lipinski definition) is 1. The third-order valence-corrected chi connectivity index (χ3v) is 2.48. The summed E-state index contributed by atoms with van der Waals surface area (Å²) in [6, 6.07) is 5.62. The number of methoxy groups -OCH3 is 1. The summed E-state index contributed by atoms with van der Waals surface area (Å²) in [7, 11) is 1.39. The van der Waals surface area contributed by atoms with E-state index in [0.29, 0.717) is 5.56 Å². The van der Waals surface area contributed by atoms with E-state index in [2.05, 4.69) is 9.72 Å². The molecular formula is C13H11F2NO5. The molecule has 8 heteroatoms. The van der Waals surface area contributed by atoms with E-state index in [1.165, 1.54) is 31.4 Å². The number of oxazole rings is 1. The van der Waals surface area contributed by atoms with Crippen molar-refractivity contribution in [2.24, 2.45) is 0 Å². The van der Waals surface area contributed by atoms with Crippen LogP contribution in [-0.4, -0.2) is 29.8 Å². The second-order valence-electron chi connectivity index (χ2n) is 3.94. The molecule has 0 atom stereocenters. The molecule has 0 aliphatic heterocycles. The molecule has 0 spiro atoms. The largest absolute Gasteiger partial charge is 0.475 e. The van der Waals surface area contributed by atoms with Crippen molar-refractivity contribution in [1.82, 2.24) is 4.98 Å². The highest BCUT2D eigenvalue weighted by Crippen LogP contribution is 2.26. The van der Waals surface area contributed by atoms with E-state index in [-0.39, 0.29) is 29.7 Å². The Bertz CT molecular complexity index is 641. The van der Waals surface area contributed by atoms with Crippen LogP contribution in [-0.2, 0) is 11.3 Å². The Labute approximate surface area is 117 Å². The van der Waals surface area contributed by atoms with Crippen molar-refractivity contribution in [3.63, 3.8) is 0 Å². The van der Waals surface area contributed by atoms with Crippen molar-refractivity contribution in [3.05, 3.63) is 35.7 Å². The summed E-state index contributed by atoms with van der Waals surface area (Å²) >= 11 is 0. The van der Waals surface area contributed by atoms with E-state index in [1.54, 1.807) is 0 Å². The Morgan fingerprint density at radius 3 is 2.86 bits per heavy atom. The molecule has 1 aromatic heterocycles. The maximum absolute atomic E-state index is 12.2. The molecule has 112 valence electrons. The van der Waals surface area contributed by atoms with Crippen LogP contribution < -0.4 is 4.74 Å². The number of carboxylic acid groups (broad SMARTS) is 1. The maximum atomic E-state index is 12.2. The fourth-order valence-electron chi connectivity index (χ4n) is 1.68. The summed E-state index contributed by atoms with van der Waals surface area (Å²) in [4.78, 5) is 15.0. The molecule has 0 radical (unpaired) electrons. The topological polar surface area (TPSA) is 81.8 Å². The predicted octanol–water partition coefficient (Wildman–Crippen LogP) is 2.79. The number of nitrogens with zero attached hydrogens (tertiary/aromatic N) is 1. The highest BCUT2D eigenvalue weighted by Gasteiger charge is 2.20. The highest BCUT2D eigenvalue weighted by atomic mass is 19.3. The Morgan fingerprint density at radius 1 is 1.48 bits per heavy atom. The molecule has 0 saturated heterocycles. The lowest BCUT2D eigenvalue weighted by Gasteiger charge is -2.04. The molecule has 2 rings (SSSR count). The fraction of sp³-hybridized carbons (Fsp3) is 0.231. The van der Waals surface area contributed by atoms with Crippen molar-refractivity contribution in [2.75, 3.05) is 7.11 Å². The van der Waals surface area contributed by atoms with Gasteiger partial charge in [0.15, 0.2) is 0 Å². The molecule has 1 heterocycles. The minimum Gasteiger partial charge on any atom is -0.475 e. The van der Waals surface area contributed by atoms with E-state index in [0.717, 1.165) is 0 Å². The molecule has 2 aromatic rings. The van der Waals surface area contributed by atoms with Crippen LogP contribution >= 0.6 is 0 Å².